The van der Waals surface area contributed by atoms with Gasteiger partial charge in [0.25, 0.3) is 0 Å². The Morgan fingerprint density at radius 1 is 1.31 bits per heavy atom. The molecule has 0 saturated carbocycles. The van der Waals surface area contributed by atoms with Crippen LogP contribution < -0.4 is 5.32 Å². The lowest BCUT2D eigenvalue weighted by Gasteiger charge is -2.24. The Balaban J connectivity index is 2.47. The van der Waals surface area contributed by atoms with Gasteiger partial charge in [-0.25, -0.2) is 0 Å². The summed E-state index contributed by atoms with van der Waals surface area (Å²) in [6.45, 7) is 13.5. The van der Waals surface area contributed by atoms with Gasteiger partial charge in [-0.2, -0.15) is 0 Å². The van der Waals surface area contributed by atoms with Crippen molar-refractivity contribution in [2.24, 2.45) is 5.41 Å². The molecule has 0 fully saturated rings. The highest BCUT2D eigenvalue weighted by Gasteiger charge is 2.17. The lowest BCUT2D eigenvalue weighted by Crippen LogP contribution is -2.29. The topological polar surface area (TPSA) is 12.0 Å². The number of aryl methyl sites for hydroxylation is 3. The molecule has 1 heterocycles. The second-order valence-electron chi connectivity index (χ2n) is 5.38. The molecule has 1 aromatic rings. The van der Waals surface area contributed by atoms with Gasteiger partial charge in [0.15, 0.2) is 0 Å². The van der Waals surface area contributed by atoms with E-state index in [1.54, 1.807) is 5.56 Å². The molecule has 1 N–H and O–H groups in total. The minimum atomic E-state index is 0.401. The van der Waals surface area contributed by atoms with Gasteiger partial charge < -0.3 is 5.32 Å². The third kappa shape index (κ3) is 4.26. The molecule has 0 atom stereocenters. The summed E-state index contributed by atoms with van der Waals surface area (Å²) < 4.78 is 0. The van der Waals surface area contributed by atoms with Crippen LogP contribution in [-0.4, -0.2) is 13.1 Å². The molecule has 16 heavy (non-hydrogen) atoms. The maximum absolute atomic E-state index is 3.45. The molecule has 0 spiro atoms. The summed E-state index contributed by atoms with van der Waals surface area (Å²) in [6, 6.07) is 2.35. The Morgan fingerprint density at radius 2 is 2.00 bits per heavy atom. The Bertz CT molecular complexity index is 325. The SMILES string of the molecule is CCNCC(C)(C)CCc1cc(C)sc1C. The van der Waals surface area contributed by atoms with E-state index < -0.39 is 0 Å². The molecule has 0 aliphatic carbocycles. The molecule has 1 aromatic heterocycles. The van der Waals surface area contributed by atoms with Gasteiger partial charge in [0, 0.05) is 16.3 Å². The van der Waals surface area contributed by atoms with E-state index in [-0.39, 0.29) is 0 Å². The molecule has 0 aliphatic rings. The fourth-order valence-electron chi connectivity index (χ4n) is 1.96. The van der Waals surface area contributed by atoms with Crippen molar-refractivity contribution >= 4 is 11.3 Å². The standard InChI is InChI=1S/C14H25NS/c1-6-15-10-14(4,5)8-7-13-9-11(2)16-12(13)3/h9,15H,6-8,10H2,1-5H3. The minimum Gasteiger partial charge on any atom is -0.316 e. The molecule has 0 radical (unpaired) electrons. The zero-order valence-corrected chi connectivity index (χ0v) is 12.1. The number of nitrogens with one attached hydrogen (secondary N) is 1. The third-order valence-corrected chi connectivity index (χ3v) is 4.08. The minimum absolute atomic E-state index is 0.401. The van der Waals surface area contributed by atoms with Crippen molar-refractivity contribution in [3.63, 3.8) is 0 Å². The summed E-state index contributed by atoms with van der Waals surface area (Å²) >= 11 is 1.92. The van der Waals surface area contributed by atoms with Gasteiger partial charge in [0.1, 0.15) is 0 Å². The van der Waals surface area contributed by atoms with Crippen LogP contribution in [0.2, 0.25) is 0 Å². The number of hydrogen-bond acceptors (Lipinski definition) is 2. The van der Waals surface area contributed by atoms with Crippen molar-refractivity contribution in [1.29, 1.82) is 0 Å². The summed E-state index contributed by atoms with van der Waals surface area (Å²) in [5.41, 5.74) is 1.95. The molecule has 0 amide bonds. The van der Waals surface area contributed by atoms with Gasteiger partial charge >= 0.3 is 0 Å². The maximum Gasteiger partial charge on any atom is 0.00490 e. The zero-order chi connectivity index (χ0) is 12.2. The zero-order valence-electron chi connectivity index (χ0n) is 11.3. The van der Waals surface area contributed by atoms with E-state index in [4.69, 9.17) is 0 Å². The molecular weight excluding hydrogens is 214 g/mol. The predicted octanol–water partition coefficient (Wildman–Crippen LogP) is 3.93. The number of hydrogen-bond donors (Lipinski definition) is 1. The molecule has 0 unspecified atom stereocenters. The highest BCUT2D eigenvalue weighted by atomic mass is 32.1. The van der Waals surface area contributed by atoms with Gasteiger partial charge in [-0.3, -0.25) is 0 Å². The Kier molecular flexibility index (Phi) is 5.00. The van der Waals surface area contributed by atoms with Crippen molar-refractivity contribution in [3.8, 4) is 0 Å². The molecule has 2 heteroatoms. The van der Waals surface area contributed by atoms with Crippen LogP contribution in [0.3, 0.4) is 0 Å². The molecule has 0 aromatic carbocycles. The van der Waals surface area contributed by atoms with Crippen molar-refractivity contribution in [2.45, 2.75) is 47.5 Å². The van der Waals surface area contributed by atoms with E-state index in [0.717, 1.165) is 13.1 Å². The first kappa shape index (κ1) is 13.7. The van der Waals surface area contributed by atoms with Gasteiger partial charge in [0.2, 0.25) is 0 Å². The van der Waals surface area contributed by atoms with Crippen molar-refractivity contribution in [1.82, 2.24) is 5.32 Å². The first-order valence-electron chi connectivity index (χ1n) is 6.21. The van der Waals surface area contributed by atoms with Crippen molar-refractivity contribution < 1.29 is 0 Å². The molecule has 0 saturated heterocycles. The second-order valence-corrected chi connectivity index (χ2v) is 6.84. The van der Waals surface area contributed by atoms with Crippen LogP contribution in [0.4, 0.5) is 0 Å². The van der Waals surface area contributed by atoms with E-state index in [9.17, 15) is 0 Å². The normalized spacial score (nSPS) is 12.1. The van der Waals surface area contributed by atoms with E-state index in [0.29, 0.717) is 5.41 Å². The molecule has 92 valence electrons. The van der Waals surface area contributed by atoms with Gasteiger partial charge in [-0.05, 0) is 50.3 Å². The Morgan fingerprint density at radius 3 is 2.50 bits per heavy atom. The number of rotatable bonds is 6. The molecule has 1 rings (SSSR count). The van der Waals surface area contributed by atoms with Crippen LogP contribution in [-0.2, 0) is 6.42 Å². The maximum atomic E-state index is 3.45. The van der Waals surface area contributed by atoms with Crippen LogP contribution in [0.15, 0.2) is 6.07 Å². The van der Waals surface area contributed by atoms with Crippen LogP contribution in [0, 0.1) is 19.3 Å². The number of thiophene rings is 1. The highest BCUT2D eigenvalue weighted by Crippen LogP contribution is 2.27. The van der Waals surface area contributed by atoms with E-state index in [2.05, 4.69) is 46.0 Å². The lowest BCUT2D eigenvalue weighted by molar-refractivity contribution is 0.318. The third-order valence-electron chi connectivity index (χ3n) is 3.07. The smallest absolute Gasteiger partial charge is 0.00490 e. The van der Waals surface area contributed by atoms with Gasteiger partial charge in [-0.15, -0.1) is 11.3 Å². The van der Waals surface area contributed by atoms with Crippen molar-refractivity contribution in [2.75, 3.05) is 13.1 Å². The first-order chi connectivity index (χ1) is 7.44. The summed E-state index contributed by atoms with van der Waals surface area (Å²) in [5, 5.41) is 3.45. The predicted molar refractivity (Wildman–Crippen MR) is 74.4 cm³/mol. The van der Waals surface area contributed by atoms with Crippen LogP contribution in [0.1, 0.15) is 42.5 Å². The largest absolute Gasteiger partial charge is 0.316 e. The Labute approximate surface area is 104 Å². The lowest BCUT2D eigenvalue weighted by atomic mass is 9.86. The highest BCUT2D eigenvalue weighted by molar-refractivity contribution is 7.12. The summed E-state index contributed by atoms with van der Waals surface area (Å²) in [7, 11) is 0. The van der Waals surface area contributed by atoms with Crippen molar-refractivity contribution in [3.05, 3.63) is 21.4 Å². The molecule has 0 aliphatic heterocycles. The fraction of sp³-hybridized carbons (Fsp3) is 0.714. The van der Waals surface area contributed by atoms with Crippen LogP contribution >= 0.6 is 11.3 Å². The van der Waals surface area contributed by atoms with Gasteiger partial charge in [-0.1, -0.05) is 20.8 Å². The summed E-state index contributed by atoms with van der Waals surface area (Å²) in [6.07, 6.45) is 2.48. The summed E-state index contributed by atoms with van der Waals surface area (Å²) in [5.74, 6) is 0. The fourth-order valence-corrected chi connectivity index (χ4v) is 2.93. The molecular formula is C14H25NS. The van der Waals surface area contributed by atoms with Gasteiger partial charge in [0.05, 0.1) is 0 Å². The van der Waals surface area contributed by atoms with E-state index in [1.807, 2.05) is 11.3 Å². The van der Waals surface area contributed by atoms with Crippen LogP contribution in [0.5, 0.6) is 0 Å². The average molecular weight is 239 g/mol. The summed E-state index contributed by atoms with van der Waals surface area (Å²) in [4.78, 5) is 2.94. The van der Waals surface area contributed by atoms with Crippen LogP contribution in [0.25, 0.3) is 0 Å². The Hall–Kier alpha value is -0.340. The molecule has 1 nitrogen and oxygen atoms in total. The second kappa shape index (κ2) is 5.83. The first-order valence-corrected chi connectivity index (χ1v) is 7.03. The van der Waals surface area contributed by atoms with E-state index in [1.165, 1.54) is 22.6 Å². The monoisotopic (exact) mass is 239 g/mol. The van der Waals surface area contributed by atoms with E-state index >= 15 is 0 Å². The quantitative estimate of drug-likeness (QED) is 0.793. The molecule has 0 bridgehead atoms. The average Bonchev–Trinajstić information content (AvgIpc) is 2.52.